The van der Waals surface area contributed by atoms with Crippen LogP contribution in [-0.2, 0) is 19.1 Å². The summed E-state index contributed by atoms with van der Waals surface area (Å²) in [5.74, 6) is -2.24. The lowest BCUT2D eigenvalue weighted by atomic mass is 9.86. The van der Waals surface area contributed by atoms with Gasteiger partial charge in [-0.05, 0) is 13.8 Å². The largest absolute Gasteiger partial charge is 0.467 e. The average molecular weight is 206 g/mol. The van der Waals surface area contributed by atoms with Crippen molar-refractivity contribution in [2.45, 2.75) is 25.0 Å². The third-order valence-corrected chi connectivity index (χ3v) is 2.11. The number of rotatable bonds is 3. The van der Waals surface area contributed by atoms with Crippen LogP contribution in [0.2, 0.25) is 0 Å². The zero-order valence-electron chi connectivity index (χ0n) is 8.53. The highest BCUT2D eigenvalue weighted by Gasteiger charge is 2.55. The molecule has 0 aromatic heterocycles. The van der Waals surface area contributed by atoms with Gasteiger partial charge in [0.25, 0.3) is 0 Å². The van der Waals surface area contributed by atoms with E-state index in [2.05, 4.69) is 9.47 Å². The molecule has 0 rings (SSSR count). The van der Waals surface area contributed by atoms with Gasteiger partial charge in [0.1, 0.15) is 0 Å². The Balaban J connectivity index is 5.06. The van der Waals surface area contributed by atoms with E-state index in [0.717, 1.165) is 28.1 Å². The van der Waals surface area contributed by atoms with Crippen LogP contribution in [0.5, 0.6) is 0 Å². The highest BCUT2D eigenvalue weighted by Crippen LogP contribution is 2.24. The SMILES string of the molecule is COC(=O)[C@@](C)(O)[C@](C)(O)C(=O)OC. The maximum Gasteiger partial charge on any atom is 0.341 e. The summed E-state index contributed by atoms with van der Waals surface area (Å²) in [7, 11) is 2.06. The number of carbonyl (C=O) groups excluding carboxylic acids is 2. The number of ether oxygens (including phenoxy) is 2. The molecule has 0 aliphatic rings. The van der Waals surface area contributed by atoms with Crippen molar-refractivity contribution in [1.82, 2.24) is 0 Å². The highest BCUT2D eigenvalue weighted by atomic mass is 16.6. The smallest absolute Gasteiger partial charge is 0.341 e. The first-order valence-corrected chi connectivity index (χ1v) is 3.83. The Morgan fingerprint density at radius 2 is 1.14 bits per heavy atom. The molecule has 0 bridgehead atoms. The highest BCUT2D eigenvalue weighted by molar-refractivity contribution is 5.91. The molecule has 6 heteroatoms. The quantitative estimate of drug-likeness (QED) is 0.565. The topological polar surface area (TPSA) is 93.1 Å². The maximum absolute atomic E-state index is 11.1. The number of hydrogen-bond donors (Lipinski definition) is 2. The van der Waals surface area contributed by atoms with Gasteiger partial charge in [0, 0.05) is 0 Å². The van der Waals surface area contributed by atoms with Gasteiger partial charge in [-0.3, -0.25) is 0 Å². The van der Waals surface area contributed by atoms with Crippen LogP contribution >= 0.6 is 0 Å². The van der Waals surface area contributed by atoms with E-state index in [4.69, 9.17) is 0 Å². The zero-order valence-corrected chi connectivity index (χ0v) is 8.53. The minimum absolute atomic E-state index is 0.968. The minimum atomic E-state index is -2.35. The van der Waals surface area contributed by atoms with Gasteiger partial charge in [-0.25, -0.2) is 9.59 Å². The van der Waals surface area contributed by atoms with E-state index in [-0.39, 0.29) is 0 Å². The van der Waals surface area contributed by atoms with Crippen LogP contribution in [0.4, 0.5) is 0 Å². The van der Waals surface area contributed by atoms with Gasteiger partial charge in [-0.2, -0.15) is 0 Å². The van der Waals surface area contributed by atoms with Crippen molar-refractivity contribution >= 4 is 11.9 Å². The molecule has 0 aromatic carbocycles. The van der Waals surface area contributed by atoms with Crippen LogP contribution in [0.1, 0.15) is 13.8 Å². The van der Waals surface area contributed by atoms with Crippen molar-refractivity contribution in [2.24, 2.45) is 0 Å². The van der Waals surface area contributed by atoms with Crippen molar-refractivity contribution in [2.75, 3.05) is 14.2 Å². The Hall–Kier alpha value is -1.14. The Labute approximate surface area is 81.4 Å². The van der Waals surface area contributed by atoms with Gasteiger partial charge in [0.15, 0.2) is 11.2 Å². The van der Waals surface area contributed by atoms with Crippen LogP contribution in [0.25, 0.3) is 0 Å². The third kappa shape index (κ3) is 1.85. The maximum atomic E-state index is 11.1. The first-order chi connectivity index (χ1) is 6.21. The van der Waals surface area contributed by atoms with E-state index in [1.165, 1.54) is 0 Å². The summed E-state index contributed by atoms with van der Waals surface area (Å²) < 4.78 is 8.48. The fraction of sp³-hybridized carbons (Fsp3) is 0.750. The number of hydrogen-bond acceptors (Lipinski definition) is 6. The summed E-state index contributed by atoms with van der Waals surface area (Å²) in [6, 6.07) is 0. The first kappa shape index (κ1) is 12.9. The molecule has 0 aliphatic carbocycles. The van der Waals surface area contributed by atoms with Crippen LogP contribution in [0, 0.1) is 0 Å². The lowest BCUT2D eigenvalue weighted by Crippen LogP contribution is -2.60. The molecule has 14 heavy (non-hydrogen) atoms. The second-order valence-corrected chi connectivity index (χ2v) is 3.13. The normalized spacial score (nSPS) is 19.0. The molecule has 0 radical (unpaired) electrons. The summed E-state index contributed by atoms with van der Waals surface area (Å²) in [6.45, 7) is 1.94. The van der Waals surface area contributed by atoms with Crippen molar-refractivity contribution in [1.29, 1.82) is 0 Å². The molecule has 0 aliphatic heterocycles. The summed E-state index contributed by atoms with van der Waals surface area (Å²) >= 11 is 0. The van der Waals surface area contributed by atoms with Crippen molar-refractivity contribution < 1.29 is 29.3 Å². The van der Waals surface area contributed by atoms with Gasteiger partial charge >= 0.3 is 11.9 Å². The molecular formula is C8H14O6. The van der Waals surface area contributed by atoms with Gasteiger partial charge < -0.3 is 19.7 Å². The summed E-state index contributed by atoms with van der Waals surface area (Å²) in [6.07, 6.45) is 0. The molecule has 6 nitrogen and oxygen atoms in total. The number of carbonyl (C=O) groups is 2. The van der Waals surface area contributed by atoms with Gasteiger partial charge in [-0.1, -0.05) is 0 Å². The Bertz CT molecular complexity index is 216. The fourth-order valence-electron chi connectivity index (χ4n) is 0.795. The standard InChI is InChI=1S/C8H14O6/c1-7(11,5(9)13-3)8(2,12)6(10)14-4/h11-12H,1-4H3/t7-,8-/m1/s1. The monoisotopic (exact) mass is 206 g/mol. The first-order valence-electron chi connectivity index (χ1n) is 3.83. The van der Waals surface area contributed by atoms with Crippen molar-refractivity contribution in [3.05, 3.63) is 0 Å². The molecule has 2 atom stereocenters. The molecule has 0 amide bonds. The van der Waals surface area contributed by atoms with Crippen LogP contribution < -0.4 is 0 Å². The van der Waals surface area contributed by atoms with Crippen molar-refractivity contribution in [3.63, 3.8) is 0 Å². The summed E-state index contributed by atoms with van der Waals surface area (Å²) in [5.41, 5.74) is -4.70. The van der Waals surface area contributed by atoms with Crippen LogP contribution in [0.15, 0.2) is 0 Å². The lowest BCUT2D eigenvalue weighted by molar-refractivity contribution is -0.203. The van der Waals surface area contributed by atoms with E-state index in [0.29, 0.717) is 0 Å². The van der Waals surface area contributed by atoms with E-state index in [1.54, 1.807) is 0 Å². The van der Waals surface area contributed by atoms with Crippen LogP contribution in [0.3, 0.4) is 0 Å². The van der Waals surface area contributed by atoms with Gasteiger partial charge in [0.2, 0.25) is 0 Å². The second-order valence-electron chi connectivity index (χ2n) is 3.13. The third-order valence-electron chi connectivity index (χ3n) is 2.11. The Morgan fingerprint density at radius 1 is 0.929 bits per heavy atom. The van der Waals surface area contributed by atoms with E-state index < -0.39 is 23.1 Å². The van der Waals surface area contributed by atoms with E-state index >= 15 is 0 Å². The number of aliphatic hydroxyl groups is 2. The molecular weight excluding hydrogens is 192 g/mol. The predicted molar refractivity (Wildman–Crippen MR) is 45.3 cm³/mol. The Kier molecular flexibility index (Phi) is 3.61. The average Bonchev–Trinajstić information content (AvgIpc) is 2.14. The van der Waals surface area contributed by atoms with E-state index in [1.807, 2.05) is 0 Å². The Morgan fingerprint density at radius 3 is 1.29 bits per heavy atom. The molecule has 0 unspecified atom stereocenters. The molecule has 0 spiro atoms. The molecule has 0 saturated carbocycles. The molecule has 0 aromatic rings. The second kappa shape index (κ2) is 3.93. The lowest BCUT2D eigenvalue weighted by Gasteiger charge is -2.32. The number of esters is 2. The predicted octanol–water partition coefficient (Wildman–Crippen LogP) is -1.17. The molecule has 2 N–H and O–H groups in total. The van der Waals surface area contributed by atoms with Crippen LogP contribution in [-0.4, -0.2) is 47.6 Å². The molecule has 0 heterocycles. The van der Waals surface area contributed by atoms with E-state index in [9.17, 15) is 19.8 Å². The molecule has 82 valence electrons. The van der Waals surface area contributed by atoms with Gasteiger partial charge in [0.05, 0.1) is 14.2 Å². The van der Waals surface area contributed by atoms with Gasteiger partial charge in [-0.15, -0.1) is 0 Å². The summed E-state index contributed by atoms with van der Waals surface area (Å²) in [4.78, 5) is 22.1. The molecule has 0 fully saturated rings. The summed E-state index contributed by atoms with van der Waals surface area (Å²) in [5, 5.41) is 19.2. The zero-order chi connectivity index (χ0) is 11.6. The van der Waals surface area contributed by atoms with Crippen molar-refractivity contribution in [3.8, 4) is 0 Å². The molecule has 0 saturated heterocycles. The fourth-order valence-corrected chi connectivity index (χ4v) is 0.795. The number of methoxy groups -OCH3 is 2. The minimum Gasteiger partial charge on any atom is -0.467 e.